The summed E-state index contributed by atoms with van der Waals surface area (Å²) in [7, 11) is 0. The molecule has 1 aliphatic heterocycles. The van der Waals surface area contributed by atoms with Crippen molar-refractivity contribution in [3.63, 3.8) is 0 Å². The smallest absolute Gasteiger partial charge is 0.254 e. The van der Waals surface area contributed by atoms with Crippen molar-refractivity contribution < 1.29 is 9.90 Å². The largest absolute Gasteiger partial charge is 0.396 e. The molecule has 1 unspecified atom stereocenters. The molecule has 3 rings (SSSR count). The van der Waals surface area contributed by atoms with Gasteiger partial charge in [-0.15, -0.1) is 5.10 Å². The highest BCUT2D eigenvalue weighted by Crippen LogP contribution is 2.25. The van der Waals surface area contributed by atoms with Crippen molar-refractivity contribution in [3.05, 3.63) is 47.7 Å². The topological polar surface area (TPSA) is 78.4 Å². The lowest BCUT2D eigenvalue weighted by Crippen LogP contribution is -2.35. The molecule has 25 heavy (non-hydrogen) atoms. The monoisotopic (exact) mass is 340 g/mol. The van der Waals surface area contributed by atoms with Gasteiger partial charge in [0.25, 0.3) is 5.91 Å². The molecular weight excluding hydrogens is 316 g/mol. The fraction of sp³-hybridized carbons (Fsp3) is 0.421. The Morgan fingerprint density at radius 3 is 2.96 bits per heavy atom. The van der Waals surface area contributed by atoms with Gasteiger partial charge in [-0.2, -0.15) is 5.10 Å². The van der Waals surface area contributed by atoms with Gasteiger partial charge in [-0.25, -0.2) is 0 Å². The van der Waals surface area contributed by atoms with E-state index < -0.39 is 0 Å². The van der Waals surface area contributed by atoms with E-state index in [1.807, 2.05) is 48.2 Å². The van der Waals surface area contributed by atoms with Crippen LogP contribution in [0.15, 0.2) is 36.4 Å². The summed E-state index contributed by atoms with van der Waals surface area (Å²) in [6.07, 6.45) is 3.64. The van der Waals surface area contributed by atoms with Crippen molar-refractivity contribution in [3.8, 4) is 0 Å². The van der Waals surface area contributed by atoms with Gasteiger partial charge in [0, 0.05) is 30.4 Å². The molecule has 0 aliphatic carbocycles. The van der Waals surface area contributed by atoms with Crippen LogP contribution >= 0.6 is 0 Å². The minimum absolute atomic E-state index is 0.0547. The van der Waals surface area contributed by atoms with E-state index in [4.69, 9.17) is 5.11 Å². The molecule has 6 nitrogen and oxygen atoms in total. The molecule has 1 atom stereocenters. The molecule has 0 radical (unpaired) electrons. The van der Waals surface area contributed by atoms with Gasteiger partial charge in [0.05, 0.1) is 5.69 Å². The normalized spacial score (nSPS) is 16.9. The average Bonchev–Trinajstić information content (AvgIpc) is 3.10. The van der Waals surface area contributed by atoms with Gasteiger partial charge in [-0.3, -0.25) is 4.79 Å². The molecule has 1 fully saturated rings. The van der Waals surface area contributed by atoms with E-state index in [1.54, 1.807) is 0 Å². The second-order valence-corrected chi connectivity index (χ2v) is 6.43. The molecule has 2 aromatic rings. The van der Waals surface area contributed by atoms with E-state index >= 15 is 0 Å². The first kappa shape index (κ1) is 17.4. The number of hydrogen-bond donors (Lipinski definition) is 2. The van der Waals surface area contributed by atoms with E-state index in [0.29, 0.717) is 11.4 Å². The predicted molar refractivity (Wildman–Crippen MR) is 96.9 cm³/mol. The zero-order chi connectivity index (χ0) is 17.6. The molecule has 1 aliphatic rings. The lowest BCUT2D eigenvalue weighted by molar-refractivity contribution is 0.0724. The number of hydrogen-bond acceptors (Lipinski definition) is 5. The molecule has 2 N–H and O–H groups in total. The highest BCUT2D eigenvalue weighted by Gasteiger charge is 2.28. The summed E-state index contributed by atoms with van der Waals surface area (Å²) in [6, 6.07) is 11.5. The van der Waals surface area contributed by atoms with Gasteiger partial charge >= 0.3 is 0 Å². The molecule has 0 bridgehead atoms. The van der Waals surface area contributed by atoms with Gasteiger partial charge in [0.2, 0.25) is 0 Å². The Bertz CT molecular complexity index is 718. The van der Waals surface area contributed by atoms with Crippen molar-refractivity contribution in [1.82, 2.24) is 15.1 Å². The van der Waals surface area contributed by atoms with E-state index in [-0.39, 0.29) is 18.6 Å². The lowest BCUT2D eigenvalue weighted by atomic mass is 10.1. The van der Waals surface area contributed by atoms with E-state index in [9.17, 15) is 4.79 Å². The number of carbonyl (C=O) groups excluding carboxylic acids is 1. The van der Waals surface area contributed by atoms with Crippen LogP contribution in [0.4, 0.5) is 11.5 Å². The van der Waals surface area contributed by atoms with Gasteiger partial charge in [0.15, 0.2) is 5.82 Å². The number of benzene rings is 1. The second kappa shape index (κ2) is 8.07. The maximum absolute atomic E-state index is 12.9. The summed E-state index contributed by atoms with van der Waals surface area (Å²) in [4.78, 5) is 14.8. The lowest BCUT2D eigenvalue weighted by Gasteiger charge is -2.25. The number of aryl methyl sites for hydroxylation is 1. The zero-order valence-electron chi connectivity index (χ0n) is 14.5. The van der Waals surface area contributed by atoms with Gasteiger partial charge in [-0.05, 0) is 62.9 Å². The minimum atomic E-state index is 0.0547. The number of anilines is 2. The molecule has 1 saturated heterocycles. The second-order valence-electron chi connectivity index (χ2n) is 6.43. The van der Waals surface area contributed by atoms with Crippen molar-refractivity contribution in [1.29, 1.82) is 0 Å². The fourth-order valence-corrected chi connectivity index (χ4v) is 3.24. The Balaban J connectivity index is 1.72. The first-order chi connectivity index (χ1) is 12.2. The Kier molecular flexibility index (Phi) is 5.60. The molecular formula is C19H24N4O2. The van der Waals surface area contributed by atoms with Gasteiger partial charge in [0.1, 0.15) is 0 Å². The third-order valence-electron chi connectivity index (χ3n) is 4.51. The van der Waals surface area contributed by atoms with Crippen molar-refractivity contribution in [2.45, 2.75) is 38.6 Å². The Hall–Kier alpha value is -2.47. The van der Waals surface area contributed by atoms with Crippen LogP contribution in [0.25, 0.3) is 0 Å². The van der Waals surface area contributed by atoms with Crippen LogP contribution in [0.2, 0.25) is 0 Å². The highest BCUT2D eigenvalue weighted by atomic mass is 16.3. The van der Waals surface area contributed by atoms with Crippen LogP contribution in [0, 0.1) is 6.92 Å². The van der Waals surface area contributed by atoms with E-state index in [2.05, 4.69) is 15.5 Å². The molecule has 1 amide bonds. The Labute approximate surface area is 147 Å². The van der Waals surface area contributed by atoms with Crippen LogP contribution < -0.4 is 5.32 Å². The molecule has 6 heteroatoms. The molecule has 0 spiro atoms. The molecule has 1 aromatic carbocycles. The van der Waals surface area contributed by atoms with Crippen LogP contribution in [-0.4, -0.2) is 45.3 Å². The number of aromatic nitrogens is 2. The van der Waals surface area contributed by atoms with Crippen molar-refractivity contribution in [2.75, 3.05) is 18.5 Å². The third kappa shape index (κ3) is 4.33. The SMILES string of the molecule is Cc1ccc(Nc2cccc(C(=O)N3CCCC3CCCO)c2)nn1. The number of aliphatic hydroxyl groups excluding tert-OH is 1. The van der Waals surface area contributed by atoms with Crippen LogP contribution in [0.5, 0.6) is 0 Å². The molecule has 2 heterocycles. The summed E-state index contributed by atoms with van der Waals surface area (Å²) < 4.78 is 0. The van der Waals surface area contributed by atoms with Crippen LogP contribution in [0.3, 0.4) is 0 Å². The minimum Gasteiger partial charge on any atom is -0.396 e. The van der Waals surface area contributed by atoms with Gasteiger partial charge < -0.3 is 15.3 Å². The number of rotatable bonds is 6. The van der Waals surface area contributed by atoms with Crippen LogP contribution in [-0.2, 0) is 0 Å². The zero-order valence-corrected chi connectivity index (χ0v) is 14.5. The first-order valence-corrected chi connectivity index (χ1v) is 8.76. The summed E-state index contributed by atoms with van der Waals surface area (Å²) in [5, 5.41) is 20.3. The van der Waals surface area contributed by atoms with Gasteiger partial charge in [-0.1, -0.05) is 6.07 Å². The summed E-state index contributed by atoms with van der Waals surface area (Å²) in [5.41, 5.74) is 2.34. The maximum Gasteiger partial charge on any atom is 0.254 e. The average molecular weight is 340 g/mol. The predicted octanol–water partition coefficient (Wildman–Crippen LogP) is 2.91. The summed E-state index contributed by atoms with van der Waals surface area (Å²) >= 11 is 0. The van der Waals surface area contributed by atoms with E-state index in [0.717, 1.165) is 43.6 Å². The first-order valence-electron chi connectivity index (χ1n) is 8.76. The standard InChI is InChI=1S/C19H24N4O2/c1-14-9-10-18(22-21-14)20-16-6-2-5-15(13-16)19(25)23-11-3-7-17(23)8-4-12-24/h2,5-6,9-10,13,17,24H,3-4,7-8,11-12H2,1H3,(H,20,22). The Morgan fingerprint density at radius 1 is 1.32 bits per heavy atom. The van der Waals surface area contributed by atoms with Crippen LogP contribution in [0.1, 0.15) is 41.7 Å². The van der Waals surface area contributed by atoms with Crippen molar-refractivity contribution in [2.24, 2.45) is 0 Å². The third-order valence-corrected chi connectivity index (χ3v) is 4.51. The number of nitrogens with zero attached hydrogens (tertiary/aromatic N) is 3. The highest BCUT2D eigenvalue weighted by molar-refractivity contribution is 5.95. The number of carbonyl (C=O) groups is 1. The molecule has 132 valence electrons. The quantitative estimate of drug-likeness (QED) is 0.845. The molecule has 1 aromatic heterocycles. The summed E-state index contributed by atoms with van der Waals surface area (Å²) in [5.74, 6) is 0.705. The van der Waals surface area contributed by atoms with E-state index in [1.165, 1.54) is 0 Å². The number of nitrogens with one attached hydrogen (secondary N) is 1. The number of likely N-dealkylation sites (tertiary alicyclic amines) is 1. The molecule has 0 saturated carbocycles. The number of aliphatic hydroxyl groups is 1. The Morgan fingerprint density at radius 2 is 2.20 bits per heavy atom. The maximum atomic E-state index is 12.9. The fourth-order valence-electron chi connectivity index (χ4n) is 3.24. The number of amides is 1. The summed E-state index contributed by atoms with van der Waals surface area (Å²) in [6.45, 7) is 2.85. The van der Waals surface area contributed by atoms with Crippen molar-refractivity contribution >= 4 is 17.4 Å².